The Labute approximate surface area is 339 Å². The first-order chi connectivity index (χ1) is 28.7. The highest BCUT2D eigenvalue weighted by Gasteiger charge is 2.52. The van der Waals surface area contributed by atoms with Gasteiger partial charge >= 0.3 is 0 Å². The number of rotatable bonds is 5. The van der Waals surface area contributed by atoms with Crippen LogP contribution in [0.5, 0.6) is 0 Å². The topological polar surface area (TPSA) is 29.6 Å². The van der Waals surface area contributed by atoms with Crippen molar-refractivity contribution in [2.75, 3.05) is 0 Å². The lowest BCUT2D eigenvalue weighted by molar-refractivity contribution is -0.838. The highest BCUT2D eigenvalue weighted by Crippen LogP contribution is 2.62. The van der Waals surface area contributed by atoms with Crippen LogP contribution < -0.4 is 4.90 Å². The Morgan fingerprint density at radius 3 is 2.24 bits per heavy atom. The number of nitrogens with one attached hydrogen (secondary N) is 1. The Bertz CT molecular complexity index is 3080. The molecule has 3 nitrogen and oxygen atoms in total. The molecule has 4 atom stereocenters. The maximum Gasteiger partial charge on any atom is 0.147 e. The average Bonchev–Trinajstić information content (AvgIpc) is 3.66. The molecule has 58 heavy (non-hydrogen) atoms. The normalized spacial score (nSPS) is 21.2. The number of allylic oxidation sites excluding steroid dienone is 3. The van der Waals surface area contributed by atoms with Gasteiger partial charge in [-0.05, 0) is 93.1 Å². The van der Waals surface area contributed by atoms with Gasteiger partial charge in [0.25, 0.3) is 0 Å². The van der Waals surface area contributed by atoms with E-state index in [-0.39, 0.29) is 12.6 Å². The number of nitrogens with zero attached hydrogens (tertiary/aromatic N) is 1. The zero-order valence-corrected chi connectivity index (χ0v) is 32.5. The van der Waals surface area contributed by atoms with E-state index in [9.17, 15) is 5.11 Å². The molecule has 0 bridgehead atoms. The third-order valence-electron chi connectivity index (χ3n) is 13.6. The monoisotopic (exact) mass is 747 g/mol. The third kappa shape index (κ3) is 4.52. The smallest absolute Gasteiger partial charge is 0.147 e. The fourth-order valence-corrected chi connectivity index (χ4v) is 11.0. The molecular formula is C55H43N2O+. The van der Waals surface area contributed by atoms with E-state index in [1.165, 1.54) is 72.0 Å². The minimum atomic E-state index is -0.619. The van der Waals surface area contributed by atoms with Gasteiger partial charge in [0.1, 0.15) is 17.4 Å². The Hall–Kier alpha value is -6.52. The van der Waals surface area contributed by atoms with Crippen LogP contribution in [0.3, 0.4) is 0 Å². The summed E-state index contributed by atoms with van der Waals surface area (Å²) in [6.07, 6.45) is 11.9. The SMILES string of the molecule is CC1CC=CC(C2=CC(c3ccccc3)[NH+]2c2ccc3c(c2)C2(c4ccccc4-3)c3ccccc3-n3c4ccccc4c4c(CO)c(-c5ccccc5)cc2c43)=CC1. The molecule has 0 saturated heterocycles. The number of quaternary nitrogens is 1. The van der Waals surface area contributed by atoms with Crippen LogP contribution in [0.1, 0.15) is 59.2 Å². The first-order valence-electron chi connectivity index (χ1n) is 20.8. The maximum atomic E-state index is 11.4. The molecule has 0 radical (unpaired) electrons. The van der Waals surface area contributed by atoms with E-state index in [1.807, 2.05) is 0 Å². The molecule has 3 heteroatoms. The number of aromatic nitrogens is 1. The molecule has 1 aromatic heterocycles. The van der Waals surface area contributed by atoms with Crippen LogP contribution in [0, 0.1) is 5.92 Å². The van der Waals surface area contributed by atoms with Gasteiger partial charge in [-0.2, -0.15) is 0 Å². The number of benzene rings is 7. The zero-order valence-electron chi connectivity index (χ0n) is 32.5. The molecular weight excluding hydrogens is 705 g/mol. The predicted molar refractivity (Wildman–Crippen MR) is 237 cm³/mol. The van der Waals surface area contributed by atoms with Crippen LogP contribution in [0.4, 0.5) is 5.69 Å². The predicted octanol–water partition coefficient (Wildman–Crippen LogP) is 11.7. The van der Waals surface area contributed by atoms with Crippen molar-refractivity contribution in [2.24, 2.45) is 5.92 Å². The molecule has 2 N–H and O–H groups in total. The Balaban J connectivity index is 1.19. The molecule has 0 amide bonds. The van der Waals surface area contributed by atoms with Crippen LogP contribution in [0.15, 0.2) is 193 Å². The first-order valence-corrected chi connectivity index (χ1v) is 20.8. The number of hydrogen-bond donors (Lipinski definition) is 2. The molecule has 4 unspecified atom stereocenters. The van der Waals surface area contributed by atoms with Gasteiger partial charge in [-0.15, -0.1) is 0 Å². The van der Waals surface area contributed by atoms with E-state index in [1.54, 1.807) is 0 Å². The molecule has 8 aromatic rings. The summed E-state index contributed by atoms with van der Waals surface area (Å²) in [6.45, 7) is 2.29. The van der Waals surface area contributed by atoms with E-state index < -0.39 is 5.41 Å². The number of aliphatic hydroxyl groups excluding tert-OH is 1. The van der Waals surface area contributed by atoms with E-state index in [4.69, 9.17) is 0 Å². The first kappa shape index (κ1) is 33.6. The standard InChI is InChI=1S/C55H42N2O/c1-35-15-14-20-38(28-27-35)52-33-51(37-18-6-3-7-19-37)56(52)39-29-30-41-40-21-8-10-23-45(40)55(47(41)31-39)46-24-11-13-26-50(46)57-49-25-12-9-22-42(49)53-44(34-58)43(32-48(55)54(53)57)36-16-4-2-5-17-36/h2-14,16-26,28-33,35,51,58H,15,27,34H2,1H3/p+1. The van der Waals surface area contributed by atoms with Gasteiger partial charge in [-0.25, -0.2) is 0 Å². The summed E-state index contributed by atoms with van der Waals surface area (Å²) in [4.78, 5) is 1.40. The average molecular weight is 748 g/mol. The molecule has 7 aromatic carbocycles. The van der Waals surface area contributed by atoms with Crippen LogP contribution in [-0.4, -0.2) is 9.67 Å². The van der Waals surface area contributed by atoms with Gasteiger partial charge in [0, 0.05) is 40.1 Å². The van der Waals surface area contributed by atoms with Crippen molar-refractivity contribution in [1.82, 2.24) is 4.57 Å². The minimum Gasteiger partial charge on any atom is -0.392 e. The Morgan fingerprint density at radius 2 is 1.40 bits per heavy atom. The summed E-state index contributed by atoms with van der Waals surface area (Å²) in [5.74, 6) is 0.637. The molecule has 3 heterocycles. The molecule has 2 aliphatic carbocycles. The summed E-state index contributed by atoms with van der Waals surface area (Å²) in [5.41, 5.74) is 19.1. The molecule has 1 spiro atoms. The van der Waals surface area contributed by atoms with Crippen molar-refractivity contribution in [3.8, 4) is 27.9 Å². The van der Waals surface area contributed by atoms with Crippen molar-refractivity contribution in [3.05, 3.63) is 227 Å². The Morgan fingerprint density at radius 1 is 0.672 bits per heavy atom. The van der Waals surface area contributed by atoms with Crippen molar-refractivity contribution in [2.45, 2.75) is 37.8 Å². The summed E-state index contributed by atoms with van der Waals surface area (Å²) >= 11 is 0. The number of para-hydroxylation sites is 2. The summed E-state index contributed by atoms with van der Waals surface area (Å²) in [6, 6.07) is 58.6. The van der Waals surface area contributed by atoms with Crippen molar-refractivity contribution < 1.29 is 10.0 Å². The minimum absolute atomic E-state index is 0.0572. The maximum absolute atomic E-state index is 11.4. The van der Waals surface area contributed by atoms with Crippen molar-refractivity contribution in [1.29, 1.82) is 0 Å². The van der Waals surface area contributed by atoms with Gasteiger partial charge in [0.15, 0.2) is 0 Å². The number of hydrogen-bond acceptors (Lipinski definition) is 1. The lowest BCUT2D eigenvalue weighted by atomic mass is 9.64. The summed E-state index contributed by atoms with van der Waals surface area (Å²) in [5, 5.41) is 13.7. The molecule has 4 aliphatic rings. The quantitative estimate of drug-likeness (QED) is 0.180. The number of aliphatic hydroxyl groups is 1. The highest BCUT2D eigenvalue weighted by molar-refractivity contribution is 6.16. The second kappa shape index (κ2) is 12.7. The number of fused-ring (bicyclic) bond motifs is 12. The van der Waals surface area contributed by atoms with Gasteiger partial charge in [-0.3, -0.25) is 4.90 Å². The molecule has 12 rings (SSSR count). The van der Waals surface area contributed by atoms with Gasteiger partial charge in [-0.1, -0.05) is 146 Å². The second-order valence-electron chi connectivity index (χ2n) is 16.6. The van der Waals surface area contributed by atoms with Gasteiger partial charge in [0.2, 0.25) is 0 Å². The third-order valence-corrected chi connectivity index (χ3v) is 13.6. The largest absolute Gasteiger partial charge is 0.392 e. The van der Waals surface area contributed by atoms with E-state index >= 15 is 0 Å². The highest BCUT2D eigenvalue weighted by atomic mass is 16.3. The fourth-order valence-electron chi connectivity index (χ4n) is 11.0. The van der Waals surface area contributed by atoms with E-state index in [2.05, 4.69) is 194 Å². The summed E-state index contributed by atoms with van der Waals surface area (Å²) in [7, 11) is 0. The zero-order chi connectivity index (χ0) is 38.5. The molecule has 2 aliphatic heterocycles. The van der Waals surface area contributed by atoms with E-state index in [0.717, 1.165) is 45.8 Å². The van der Waals surface area contributed by atoms with Crippen LogP contribution in [-0.2, 0) is 12.0 Å². The molecule has 278 valence electrons. The molecule has 0 fully saturated rings. The van der Waals surface area contributed by atoms with E-state index in [0.29, 0.717) is 5.92 Å². The summed E-state index contributed by atoms with van der Waals surface area (Å²) < 4.78 is 2.48. The lowest BCUT2D eigenvalue weighted by Crippen LogP contribution is -3.10. The van der Waals surface area contributed by atoms with Crippen molar-refractivity contribution >= 4 is 27.5 Å². The lowest BCUT2D eigenvalue weighted by Gasteiger charge is -2.41. The molecule has 0 saturated carbocycles. The second-order valence-corrected chi connectivity index (χ2v) is 16.6. The van der Waals surface area contributed by atoms with Crippen LogP contribution in [0.2, 0.25) is 0 Å². The van der Waals surface area contributed by atoms with Gasteiger partial charge < -0.3 is 9.67 Å². The van der Waals surface area contributed by atoms with Crippen LogP contribution >= 0.6 is 0 Å². The van der Waals surface area contributed by atoms with Crippen molar-refractivity contribution in [3.63, 3.8) is 0 Å². The fraction of sp³-hybridized carbons (Fsp3) is 0.127. The Kier molecular flexibility index (Phi) is 7.38. The van der Waals surface area contributed by atoms with Crippen LogP contribution in [0.25, 0.3) is 49.7 Å². The van der Waals surface area contributed by atoms with Gasteiger partial charge in [0.05, 0.1) is 28.7 Å².